The number of benzene rings is 3. The van der Waals surface area contributed by atoms with E-state index in [9.17, 15) is 19.7 Å². The third-order valence-corrected chi connectivity index (χ3v) is 6.84. The van der Waals surface area contributed by atoms with E-state index < -0.39 is 4.92 Å². The number of thioether (sulfide) groups is 1. The summed E-state index contributed by atoms with van der Waals surface area (Å²) in [4.78, 5) is 37.5. The van der Waals surface area contributed by atoms with Gasteiger partial charge >= 0.3 is 0 Å². The Morgan fingerprint density at radius 3 is 2.50 bits per heavy atom. The Hall–Kier alpha value is -3.38. The van der Waals surface area contributed by atoms with Crippen LogP contribution in [-0.2, 0) is 17.9 Å². The maximum Gasteiger partial charge on any atom is 0.293 e. The molecular formula is C26H21IN2O6S. The number of halogens is 1. The average Bonchev–Trinajstić information content (AvgIpc) is 3.12. The first-order valence-corrected chi connectivity index (χ1v) is 12.9. The molecule has 1 heterocycles. The number of amides is 2. The highest BCUT2D eigenvalue weighted by atomic mass is 127. The van der Waals surface area contributed by atoms with Gasteiger partial charge in [-0.05, 0) is 88.3 Å². The highest BCUT2D eigenvalue weighted by Crippen LogP contribution is 2.35. The molecule has 0 aliphatic carbocycles. The Bertz CT molecular complexity index is 1340. The first kappa shape index (κ1) is 25.7. The smallest absolute Gasteiger partial charge is 0.293 e. The van der Waals surface area contributed by atoms with E-state index in [4.69, 9.17) is 9.47 Å². The highest BCUT2D eigenvalue weighted by Gasteiger charge is 2.35. The van der Waals surface area contributed by atoms with Crippen molar-refractivity contribution in [2.24, 2.45) is 0 Å². The van der Waals surface area contributed by atoms with E-state index in [0.717, 1.165) is 20.9 Å². The second-order valence-corrected chi connectivity index (χ2v) is 9.99. The molecule has 0 aromatic heterocycles. The highest BCUT2D eigenvalue weighted by molar-refractivity contribution is 14.1. The van der Waals surface area contributed by atoms with Gasteiger partial charge in [-0.3, -0.25) is 24.6 Å². The van der Waals surface area contributed by atoms with E-state index in [1.807, 2.05) is 31.2 Å². The van der Waals surface area contributed by atoms with Crippen LogP contribution in [0.1, 0.15) is 23.6 Å². The number of carbonyl (C=O) groups is 2. The maximum absolute atomic E-state index is 12.9. The molecule has 1 aliphatic rings. The third kappa shape index (κ3) is 6.24. The third-order valence-electron chi connectivity index (χ3n) is 5.21. The van der Waals surface area contributed by atoms with Crippen LogP contribution in [0.2, 0.25) is 0 Å². The summed E-state index contributed by atoms with van der Waals surface area (Å²) >= 11 is 3.11. The zero-order valence-corrected chi connectivity index (χ0v) is 22.2. The molecule has 3 aromatic rings. The van der Waals surface area contributed by atoms with Crippen LogP contribution in [0.15, 0.2) is 71.6 Å². The monoisotopic (exact) mass is 616 g/mol. The summed E-state index contributed by atoms with van der Waals surface area (Å²) in [6, 6.07) is 19.1. The molecule has 1 saturated heterocycles. The molecule has 36 heavy (non-hydrogen) atoms. The van der Waals surface area contributed by atoms with Crippen LogP contribution >= 0.6 is 34.4 Å². The lowest BCUT2D eigenvalue weighted by molar-refractivity contribution is -0.384. The fourth-order valence-electron chi connectivity index (χ4n) is 3.48. The standard InChI is InChI=1S/C26H21IN2O6S/c1-2-34-23-13-18(8-11-22(23)35-16-19-4-3-5-21(12-19)29(32)33)14-24-25(30)28(26(31)36-24)15-17-6-9-20(27)10-7-17/h3-14H,2,15-16H2,1H3/b24-14-. The molecule has 2 amide bonds. The number of imide groups is 1. The van der Waals surface area contributed by atoms with E-state index >= 15 is 0 Å². The summed E-state index contributed by atoms with van der Waals surface area (Å²) in [5.74, 6) is 0.592. The van der Waals surface area contributed by atoms with Crippen LogP contribution in [0.5, 0.6) is 11.5 Å². The van der Waals surface area contributed by atoms with Gasteiger partial charge in [0.25, 0.3) is 16.8 Å². The Balaban J connectivity index is 1.49. The number of hydrogen-bond donors (Lipinski definition) is 0. The van der Waals surface area contributed by atoms with Gasteiger partial charge in [-0.2, -0.15) is 0 Å². The van der Waals surface area contributed by atoms with Crippen LogP contribution in [0.25, 0.3) is 6.08 Å². The Kier molecular flexibility index (Phi) is 8.26. The molecule has 0 radical (unpaired) electrons. The van der Waals surface area contributed by atoms with E-state index in [2.05, 4.69) is 22.6 Å². The number of nitro benzene ring substituents is 1. The lowest BCUT2D eigenvalue weighted by Crippen LogP contribution is -2.27. The number of carbonyl (C=O) groups excluding carboxylic acids is 2. The molecule has 1 fully saturated rings. The lowest BCUT2D eigenvalue weighted by Gasteiger charge is -2.13. The zero-order chi connectivity index (χ0) is 25.7. The van der Waals surface area contributed by atoms with Crippen molar-refractivity contribution in [1.29, 1.82) is 0 Å². The predicted molar refractivity (Wildman–Crippen MR) is 146 cm³/mol. The second kappa shape index (κ2) is 11.6. The molecule has 184 valence electrons. The first-order chi connectivity index (χ1) is 17.3. The predicted octanol–water partition coefficient (Wildman–Crippen LogP) is 6.41. The summed E-state index contributed by atoms with van der Waals surface area (Å²) in [6.45, 7) is 2.57. The van der Waals surface area contributed by atoms with Crippen molar-refractivity contribution in [2.45, 2.75) is 20.1 Å². The van der Waals surface area contributed by atoms with Gasteiger partial charge in [-0.25, -0.2) is 0 Å². The van der Waals surface area contributed by atoms with Crippen molar-refractivity contribution >= 4 is 57.3 Å². The maximum atomic E-state index is 12.9. The van der Waals surface area contributed by atoms with Crippen molar-refractivity contribution in [3.63, 3.8) is 0 Å². The van der Waals surface area contributed by atoms with Crippen LogP contribution in [0, 0.1) is 13.7 Å². The van der Waals surface area contributed by atoms with E-state index in [1.54, 1.807) is 36.4 Å². The first-order valence-electron chi connectivity index (χ1n) is 11.0. The quantitative estimate of drug-likeness (QED) is 0.119. The van der Waals surface area contributed by atoms with Crippen molar-refractivity contribution in [3.8, 4) is 11.5 Å². The van der Waals surface area contributed by atoms with E-state index in [0.29, 0.717) is 34.1 Å². The molecule has 0 spiro atoms. The average molecular weight is 616 g/mol. The van der Waals surface area contributed by atoms with Gasteiger partial charge < -0.3 is 9.47 Å². The van der Waals surface area contributed by atoms with Crippen LogP contribution in [0.4, 0.5) is 10.5 Å². The second-order valence-electron chi connectivity index (χ2n) is 7.75. The number of rotatable bonds is 9. The molecule has 0 atom stereocenters. The Labute approximate surface area is 225 Å². The molecule has 0 saturated carbocycles. The molecule has 4 rings (SSSR count). The summed E-state index contributed by atoms with van der Waals surface area (Å²) in [5.41, 5.74) is 2.20. The van der Waals surface area contributed by atoms with Gasteiger partial charge in [0, 0.05) is 15.7 Å². The molecule has 0 unspecified atom stereocenters. The largest absolute Gasteiger partial charge is 0.490 e. The fourth-order valence-corrected chi connectivity index (χ4v) is 4.68. The minimum atomic E-state index is -0.452. The van der Waals surface area contributed by atoms with Crippen molar-refractivity contribution < 1.29 is 24.0 Å². The zero-order valence-electron chi connectivity index (χ0n) is 19.2. The SMILES string of the molecule is CCOc1cc(/C=C2\SC(=O)N(Cc3ccc(I)cc3)C2=O)ccc1OCc1cccc([N+](=O)[O-])c1. The fraction of sp³-hybridized carbons (Fsp3) is 0.154. The van der Waals surface area contributed by atoms with Crippen molar-refractivity contribution in [2.75, 3.05) is 6.61 Å². The van der Waals surface area contributed by atoms with Gasteiger partial charge in [-0.15, -0.1) is 0 Å². The molecule has 8 nitrogen and oxygen atoms in total. The normalized spacial score (nSPS) is 14.4. The number of nitrogens with zero attached hydrogens (tertiary/aromatic N) is 2. The van der Waals surface area contributed by atoms with E-state index in [-0.39, 0.29) is 30.0 Å². The molecular weight excluding hydrogens is 595 g/mol. The van der Waals surface area contributed by atoms with Crippen LogP contribution in [-0.4, -0.2) is 27.6 Å². The Morgan fingerprint density at radius 1 is 1.00 bits per heavy atom. The topological polar surface area (TPSA) is 99.0 Å². The van der Waals surface area contributed by atoms with Gasteiger partial charge in [0.2, 0.25) is 0 Å². The molecule has 1 aliphatic heterocycles. The molecule has 0 N–H and O–H groups in total. The van der Waals surface area contributed by atoms with Gasteiger partial charge in [-0.1, -0.05) is 30.3 Å². The summed E-state index contributed by atoms with van der Waals surface area (Å²) in [5, 5.41) is 10.7. The van der Waals surface area contributed by atoms with Crippen LogP contribution in [0.3, 0.4) is 0 Å². The Morgan fingerprint density at radius 2 is 1.78 bits per heavy atom. The number of ether oxygens (including phenoxy) is 2. The minimum absolute atomic E-state index is 0.00700. The number of nitro groups is 1. The van der Waals surface area contributed by atoms with Gasteiger partial charge in [0.05, 0.1) is 23.0 Å². The summed E-state index contributed by atoms with van der Waals surface area (Å²) in [6.07, 6.45) is 1.66. The lowest BCUT2D eigenvalue weighted by atomic mass is 10.1. The van der Waals surface area contributed by atoms with Crippen molar-refractivity contribution in [1.82, 2.24) is 4.90 Å². The minimum Gasteiger partial charge on any atom is -0.490 e. The van der Waals surface area contributed by atoms with Crippen molar-refractivity contribution in [3.05, 3.63) is 102 Å². The van der Waals surface area contributed by atoms with Gasteiger partial charge in [0.15, 0.2) is 11.5 Å². The molecule has 10 heteroatoms. The number of non-ortho nitro benzene ring substituents is 1. The van der Waals surface area contributed by atoms with Gasteiger partial charge in [0.1, 0.15) is 6.61 Å². The summed E-state index contributed by atoms with van der Waals surface area (Å²) in [7, 11) is 0. The van der Waals surface area contributed by atoms with E-state index in [1.165, 1.54) is 17.0 Å². The van der Waals surface area contributed by atoms with Crippen LogP contribution < -0.4 is 9.47 Å². The molecule has 0 bridgehead atoms. The number of hydrogen-bond acceptors (Lipinski definition) is 7. The summed E-state index contributed by atoms with van der Waals surface area (Å²) < 4.78 is 12.7. The molecule has 3 aromatic carbocycles.